The van der Waals surface area contributed by atoms with E-state index in [2.05, 4.69) is 10.2 Å². The number of carbonyl (C=O) groups is 1. The zero-order valence-electron chi connectivity index (χ0n) is 13.2. The number of para-hydroxylation sites is 1. The molecule has 0 unspecified atom stereocenters. The van der Waals surface area contributed by atoms with E-state index in [1.807, 2.05) is 12.1 Å². The van der Waals surface area contributed by atoms with Crippen LogP contribution in [0.2, 0.25) is 5.02 Å². The minimum Gasteiger partial charge on any atom is -0.424 e. The summed E-state index contributed by atoms with van der Waals surface area (Å²) >= 11 is 6.03. The SMILES string of the molecule is O=C(NCCN1CCOCC1)c1ccc(Oc2ccccc2Cl)o1. The lowest BCUT2D eigenvalue weighted by molar-refractivity contribution is 0.0382. The largest absolute Gasteiger partial charge is 0.424 e. The van der Waals surface area contributed by atoms with Gasteiger partial charge in [0.2, 0.25) is 0 Å². The van der Waals surface area contributed by atoms with Crippen molar-refractivity contribution in [3.8, 4) is 11.7 Å². The number of hydrogen-bond donors (Lipinski definition) is 1. The van der Waals surface area contributed by atoms with Gasteiger partial charge in [-0.25, -0.2) is 0 Å². The van der Waals surface area contributed by atoms with Crippen LogP contribution in [0.25, 0.3) is 0 Å². The molecular formula is C17H19ClN2O4. The maximum absolute atomic E-state index is 12.1. The summed E-state index contributed by atoms with van der Waals surface area (Å²) in [6, 6.07) is 10.2. The molecule has 0 aliphatic carbocycles. The second-order valence-corrected chi connectivity index (χ2v) is 5.77. The van der Waals surface area contributed by atoms with Crippen molar-refractivity contribution in [2.45, 2.75) is 0 Å². The minimum atomic E-state index is -0.266. The van der Waals surface area contributed by atoms with Crippen LogP contribution in [0.5, 0.6) is 11.7 Å². The predicted molar refractivity (Wildman–Crippen MR) is 89.8 cm³/mol. The Balaban J connectivity index is 1.49. The quantitative estimate of drug-likeness (QED) is 0.868. The van der Waals surface area contributed by atoms with Crippen molar-refractivity contribution in [3.05, 3.63) is 47.2 Å². The van der Waals surface area contributed by atoms with Gasteiger partial charge in [-0.3, -0.25) is 9.69 Å². The van der Waals surface area contributed by atoms with E-state index < -0.39 is 0 Å². The van der Waals surface area contributed by atoms with E-state index in [1.54, 1.807) is 24.3 Å². The lowest BCUT2D eigenvalue weighted by Crippen LogP contribution is -2.41. The molecule has 1 saturated heterocycles. The summed E-state index contributed by atoms with van der Waals surface area (Å²) < 4.78 is 16.2. The molecule has 1 amide bonds. The van der Waals surface area contributed by atoms with Crippen LogP contribution in [0.3, 0.4) is 0 Å². The van der Waals surface area contributed by atoms with Crippen molar-refractivity contribution in [1.29, 1.82) is 0 Å². The molecule has 7 heteroatoms. The second kappa shape index (κ2) is 8.19. The Hall–Kier alpha value is -2.02. The fourth-order valence-corrected chi connectivity index (χ4v) is 2.55. The number of rotatable bonds is 6. The van der Waals surface area contributed by atoms with Crippen LogP contribution >= 0.6 is 11.6 Å². The topological polar surface area (TPSA) is 63.9 Å². The van der Waals surface area contributed by atoms with Crippen molar-refractivity contribution in [3.63, 3.8) is 0 Å². The van der Waals surface area contributed by atoms with Crippen molar-refractivity contribution in [2.24, 2.45) is 0 Å². The molecule has 24 heavy (non-hydrogen) atoms. The Morgan fingerprint density at radius 1 is 1.21 bits per heavy atom. The number of nitrogens with zero attached hydrogens (tertiary/aromatic N) is 1. The third-order valence-corrected chi connectivity index (χ3v) is 3.98. The van der Waals surface area contributed by atoms with Crippen LogP contribution in [0.1, 0.15) is 10.6 Å². The molecule has 0 saturated carbocycles. The number of hydrogen-bond acceptors (Lipinski definition) is 5. The standard InChI is InChI=1S/C17H19ClN2O4/c18-13-3-1-2-4-14(13)23-16-6-5-15(24-16)17(21)19-7-8-20-9-11-22-12-10-20/h1-6H,7-12H2,(H,19,21). The summed E-state index contributed by atoms with van der Waals surface area (Å²) in [6.07, 6.45) is 0. The Morgan fingerprint density at radius 2 is 2.00 bits per heavy atom. The Labute approximate surface area is 145 Å². The highest BCUT2D eigenvalue weighted by Gasteiger charge is 2.14. The van der Waals surface area contributed by atoms with Gasteiger partial charge in [-0.15, -0.1) is 0 Å². The third kappa shape index (κ3) is 4.50. The van der Waals surface area contributed by atoms with Gasteiger partial charge < -0.3 is 19.2 Å². The molecule has 1 aliphatic rings. The smallest absolute Gasteiger partial charge is 0.290 e. The van der Waals surface area contributed by atoms with Crippen LogP contribution in [-0.4, -0.2) is 50.2 Å². The Kier molecular flexibility index (Phi) is 5.74. The molecule has 128 valence electrons. The summed E-state index contributed by atoms with van der Waals surface area (Å²) in [5.41, 5.74) is 0. The summed E-state index contributed by atoms with van der Waals surface area (Å²) in [5.74, 6) is 0.644. The number of furan rings is 1. The maximum Gasteiger partial charge on any atom is 0.290 e. The average molecular weight is 351 g/mol. The number of morpholine rings is 1. The molecular weight excluding hydrogens is 332 g/mol. The lowest BCUT2D eigenvalue weighted by atomic mass is 10.3. The monoisotopic (exact) mass is 350 g/mol. The molecule has 0 bridgehead atoms. The summed E-state index contributed by atoms with van der Waals surface area (Å²) in [6.45, 7) is 4.63. The van der Waals surface area contributed by atoms with E-state index in [0.29, 0.717) is 17.3 Å². The van der Waals surface area contributed by atoms with Crippen LogP contribution < -0.4 is 10.1 Å². The van der Waals surface area contributed by atoms with Gasteiger partial charge in [0.1, 0.15) is 5.75 Å². The van der Waals surface area contributed by atoms with Crippen molar-refractivity contribution in [2.75, 3.05) is 39.4 Å². The minimum absolute atomic E-state index is 0.207. The predicted octanol–water partition coefficient (Wildman–Crippen LogP) is 2.79. The molecule has 0 spiro atoms. The number of ether oxygens (including phenoxy) is 2. The van der Waals surface area contributed by atoms with Gasteiger partial charge >= 0.3 is 0 Å². The van der Waals surface area contributed by atoms with E-state index in [-0.39, 0.29) is 17.6 Å². The Bertz CT molecular complexity index is 683. The molecule has 1 aliphatic heterocycles. The van der Waals surface area contributed by atoms with Crippen LogP contribution in [0, 0.1) is 0 Å². The van der Waals surface area contributed by atoms with Gasteiger partial charge in [-0.05, 0) is 18.2 Å². The van der Waals surface area contributed by atoms with Crippen molar-refractivity contribution < 1.29 is 18.7 Å². The number of carbonyl (C=O) groups excluding carboxylic acids is 1. The van der Waals surface area contributed by atoms with Crippen LogP contribution in [-0.2, 0) is 4.74 Å². The average Bonchev–Trinajstić information content (AvgIpc) is 3.07. The highest BCUT2D eigenvalue weighted by molar-refractivity contribution is 6.32. The summed E-state index contributed by atoms with van der Waals surface area (Å²) in [7, 11) is 0. The van der Waals surface area contributed by atoms with Crippen molar-refractivity contribution >= 4 is 17.5 Å². The van der Waals surface area contributed by atoms with Crippen LogP contribution in [0.4, 0.5) is 0 Å². The fourth-order valence-electron chi connectivity index (χ4n) is 2.37. The molecule has 1 aromatic heterocycles. The molecule has 1 fully saturated rings. The number of benzene rings is 1. The highest BCUT2D eigenvalue weighted by Crippen LogP contribution is 2.29. The zero-order valence-corrected chi connectivity index (χ0v) is 13.9. The first kappa shape index (κ1) is 16.8. The van der Waals surface area contributed by atoms with Gasteiger partial charge in [-0.2, -0.15) is 0 Å². The normalized spacial score (nSPS) is 15.2. The lowest BCUT2D eigenvalue weighted by Gasteiger charge is -2.26. The number of amides is 1. The van der Waals surface area contributed by atoms with E-state index >= 15 is 0 Å². The third-order valence-electron chi connectivity index (χ3n) is 3.67. The molecule has 1 aromatic carbocycles. The zero-order chi connectivity index (χ0) is 16.8. The van der Waals surface area contributed by atoms with Gasteiger partial charge in [0.15, 0.2) is 5.76 Å². The van der Waals surface area contributed by atoms with Crippen molar-refractivity contribution in [1.82, 2.24) is 10.2 Å². The van der Waals surface area contributed by atoms with E-state index in [9.17, 15) is 4.79 Å². The maximum atomic E-state index is 12.1. The van der Waals surface area contributed by atoms with E-state index in [1.165, 1.54) is 0 Å². The van der Waals surface area contributed by atoms with E-state index in [4.69, 9.17) is 25.5 Å². The van der Waals surface area contributed by atoms with E-state index in [0.717, 1.165) is 32.8 Å². The second-order valence-electron chi connectivity index (χ2n) is 5.36. The first-order valence-electron chi connectivity index (χ1n) is 7.83. The molecule has 0 radical (unpaired) electrons. The van der Waals surface area contributed by atoms with Gasteiger partial charge in [-0.1, -0.05) is 23.7 Å². The molecule has 0 atom stereocenters. The number of halogens is 1. The summed E-state index contributed by atoms with van der Waals surface area (Å²) in [5, 5.41) is 3.32. The highest BCUT2D eigenvalue weighted by atomic mass is 35.5. The summed E-state index contributed by atoms with van der Waals surface area (Å²) in [4.78, 5) is 14.3. The molecule has 1 N–H and O–H groups in total. The first-order valence-corrected chi connectivity index (χ1v) is 8.21. The van der Waals surface area contributed by atoms with Gasteiger partial charge in [0, 0.05) is 32.2 Å². The molecule has 2 aromatic rings. The fraction of sp³-hybridized carbons (Fsp3) is 0.353. The van der Waals surface area contributed by atoms with Gasteiger partial charge in [0.05, 0.1) is 18.2 Å². The van der Waals surface area contributed by atoms with Gasteiger partial charge in [0.25, 0.3) is 11.9 Å². The molecule has 2 heterocycles. The van der Waals surface area contributed by atoms with Crippen LogP contribution in [0.15, 0.2) is 40.8 Å². The molecule has 3 rings (SSSR count). The molecule has 6 nitrogen and oxygen atoms in total. The Morgan fingerprint density at radius 3 is 2.79 bits per heavy atom. The first-order chi connectivity index (χ1) is 11.7. The number of nitrogens with one attached hydrogen (secondary N) is 1.